The van der Waals surface area contributed by atoms with E-state index in [1.54, 1.807) is 0 Å². The van der Waals surface area contributed by atoms with E-state index in [0.29, 0.717) is 19.4 Å². The van der Waals surface area contributed by atoms with Gasteiger partial charge in [0.2, 0.25) is 0 Å². The van der Waals surface area contributed by atoms with Gasteiger partial charge in [0, 0.05) is 19.4 Å². The van der Waals surface area contributed by atoms with E-state index in [1.165, 1.54) is 116 Å². The van der Waals surface area contributed by atoms with Gasteiger partial charge in [-0.1, -0.05) is 253 Å². The topological polar surface area (TPSA) is 61.8 Å². The van der Waals surface area contributed by atoms with Crippen LogP contribution in [0.2, 0.25) is 0 Å². The molecule has 390 valence electrons. The van der Waals surface area contributed by atoms with Gasteiger partial charge < -0.3 is 14.2 Å². The van der Waals surface area contributed by atoms with Gasteiger partial charge in [0.15, 0.2) is 6.10 Å². The molecular formula is C63H108O5. The molecule has 5 heteroatoms. The van der Waals surface area contributed by atoms with Crippen LogP contribution in [0.5, 0.6) is 0 Å². The maximum atomic E-state index is 12.8. The summed E-state index contributed by atoms with van der Waals surface area (Å²) < 4.78 is 17.4. The van der Waals surface area contributed by atoms with Gasteiger partial charge in [-0.15, -0.1) is 0 Å². The fourth-order valence-corrected chi connectivity index (χ4v) is 7.90. The summed E-state index contributed by atoms with van der Waals surface area (Å²) in [5.74, 6) is -0.465. The molecule has 0 aliphatic heterocycles. The lowest BCUT2D eigenvalue weighted by atomic mass is 10.0. The van der Waals surface area contributed by atoms with E-state index in [2.05, 4.69) is 118 Å². The number of carbonyl (C=O) groups is 2. The number of carbonyl (C=O) groups excluding carboxylic acids is 2. The largest absolute Gasteiger partial charge is 0.462 e. The molecule has 0 aromatic heterocycles. The lowest BCUT2D eigenvalue weighted by Gasteiger charge is -2.18. The van der Waals surface area contributed by atoms with Crippen LogP contribution in [0, 0.1) is 0 Å². The summed E-state index contributed by atoms with van der Waals surface area (Å²) in [6.07, 6.45) is 78.7. The summed E-state index contributed by atoms with van der Waals surface area (Å²) in [7, 11) is 0. The van der Waals surface area contributed by atoms with Crippen molar-refractivity contribution in [1.29, 1.82) is 0 Å². The van der Waals surface area contributed by atoms with E-state index in [9.17, 15) is 9.59 Å². The molecule has 0 saturated carbocycles. The fourth-order valence-electron chi connectivity index (χ4n) is 7.90. The van der Waals surface area contributed by atoms with Crippen molar-refractivity contribution in [2.24, 2.45) is 0 Å². The smallest absolute Gasteiger partial charge is 0.306 e. The molecule has 0 saturated heterocycles. The molecule has 0 N–H and O–H groups in total. The first-order valence-corrected chi connectivity index (χ1v) is 28.8. The summed E-state index contributed by atoms with van der Waals surface area (Å²) >= 11 is 0. The van der Waals surface area contributed by atoms with Crippen molar-refractivity contribution in [1.82, 2.24) is 0 Å². The van der Waals surface area contributed by atoms with Gasteiger partial charge in [-0.25, -0.2) is 0 Å². The van der Waals surface area contributed by atoms with Crippen molar-refractivity contribution in [3.05, 3.63) is 97.2 Å². The molecule has 1 unspecified atom stereocenters. The molecule has 0 spiro atoms. The minimum Gasteiger partial charge on any atom is -0.462 e. The summed E-state index contributed by atoms with van der Waals surface area (Å²) in [5.41, 5.74) is 0. The normalized spacial score (nSPS) is 12.9. The first-order chi connectivity index (χ1) is 33.6. The first-order valence-electron chi connectivity index (χ1n) is 28.8. The van der Waals surface area contributed by atoms with Crippen LogP contribution in [-0.4, -0.2) is 37.9 Å². The number of hydrogen-bond acceptors (Lipinski definition) is 5. The van der Waals surface area contributed by atoms with Gasteiger partial charge in [0.05, 0.1) is 6.61 Å². The second-order valence-electron chi connectivity index (χ2n) is 18.8. The van der Waals surface area contributed by atoms with E-state index in [1.807, 2.05) is 0 Å². The standard InChI is InChI=1S/C63H108O5/c1-4-7-10-13-16-19-22-25-27-29-31-33-35-37-40-43-46-49-52-55-58-66-59-61(68-63(65)57-54-51-48-45-42-38-24-21-18-15-12-9-6-3)60-67-62(64)56-53-50-47-44-41-39-36-34-32-30-28-26-23-20-17-14-11-8-5-2/h8-9,11-12,17-18,20-21,26,28,32,34,38-39,41-42,61H,4-7,10,13-16,19,22-25,27,29-31,33,35-37,40,43-60H2,1-3H3/b11-8-,12-9-,20-17-,21-18-,28-26-,34-32-,41-39-,42-38-. The maximum Gasteiger partial charge on any atom is 0.306 e. The molecule has 0 aromatic rings. The highest BCUT2D eigenvalue weighted by atomic mass is 16.6. The molecule has 68 heavy (non-hydrogen) atoms. The molecule has 5 nitrogen and oxygen atoms in total. The third kappa shape index (κ3) is 55.4. The van der Waals surface area contributed by atoms with E-state index in [-0.39, 0.29) is 25.2 Å². The van der Waals surface area contributed by atoms with Gasteiger partial charge in [-0.05, 0) is 96.3 Å². The second kappa shape index (κ2) is 58.1. The van der Waals surface area contributed by atoms with Crippen LogP contribution >= 0.6 is 0 Å². The minimum atomic E-state index is -0.569. The summed E-state index contributed by atoms with van der Waals surface area (Å²) in [4.78, 5) is 25.5. The lowest BCUT2D eigenvalue weighted by molar-refractivity contribution is -0.163. The van der Waals surface area contributed by atoms with Gasteiger partial charge >= 0.3 is 11.9 Å². The molecule has 0 radical (unpaired) electrons. The molecule has 0 aromatic carbocycles. The molecule has 0 amide bonds. The monoisotopic (exact) mass is 945 g/mol. The average molecular weight is 946 g/mol. The summed E-state index contributed by atoms with van der Waals surface area (Å²) in [5, 5.41) is 0. The molecule has 0 heterocycles. The Kier molecular flexibility index (Phi) is 55.4. The zero-order chi connectivity index (χ0) is 49.2. The number of hydrogen-bond donors (Lipinski definition) is 0. The fraction of sp³-hybridized carbons (Fsp3) is 0.714. The summed E-state index contributed by atoms with van der Waals surface area (Å²) in [6, 6.07) is 0. The van der Waals surface area contributed by atoms with Gasteiger partial charge in [-0.2, -0.15) is 0 Å². The zero-order valence-corrected chi connectivity index (χ0v) is 44.8. The quantitative estimate of drug-likeness (QED) is 0.0345. The first kappa shape index (κ1) is 64.8. The molecule has 0 bridgehead atoms. The average Bonchev–Trinajstić information content (AvgIpc) is 3.34. The Labute approximate surface area is 422 Å². The molecular weight excluding hydrogens is 837 g/mol. The predicted molar refractivity (Wildman–Crippen MR) is 297 cm³/mol. The van der Waals surface area contributed by atoms with Crippen molar-refractivity contribution < 1.29 is 23.8 Å². The number of ether oxygens (including phenoxy) is 3. The van der Waals surface area contributed by atoms with E-state index in [0.717, 1.165) is 116 Å². The van der Waals surface area contributed by atoms with Crippen molar-refractivity contribution >= 4 is 11.9 Å². The Balaban J connectivity index is 4.31. The number of unbranched alkanes of at least 4 members (excludes halogenated alkanes) is 25. The third-order valence-electron chi connectivity index (χ3n) is 12.1. The van der Waals surface area contributed by atoms with E-state index < -0.39 is 6.10 Å². The van der Waals surface area contributed by atoms with E-state index >= 15 is 0 Å². The maximum absolute atomic E-state index is 12.8. The van der Waals surface area contributed by atoms with Crippen LogP contribution in [0.3, 0.4) is 0 Å². The van der Waals surface area contributed by atoms with Gasteiger partial charge in [-0.3, -0.25) is 9.59 Å². The Morgan fingerprint density at radius 1 is 0.338 bits per heavy atom. The molecule has 0 aliphatic carbocycles. The summed E-state index contributed by atoms with van der Waals surface area (Å²) in [6.45, 7) is 7.56. The van der Waals surface area contributed by atoms with Crippen LogP contribution in [-0.2, 0) is 23.8 Å². The number of rotatable bonds is 52. The molecule has 0 fully saturated rings. The Morgan fingerprint density at radius 3 is 1.04 bits per heavy atom. The minimum absolute atomic E-state index is 0.0536. The van der Waals surface area contributed by atoms with Gasteiger partial charge in [0.25, 0.3) is 0 Å². The van der Waals surface area contributed by atoms with Crippen LogP contribution in [0.15, 0.2) is 97.2 Å². The van der Waals surface area contributed by atoms with Crippen LogP contribution < -0.4 is 0 Å². The Bertz CT molecular complexity index is 1300. The zero-order valence-electron chi connectivity index (χ0n) is 44.8. The molecule has 1 atom stereocenters. The predicted octanol–water partition coefficient (Wildman–Crippen LogP) is 19.8. The Hall–Kier alpha value is -3.18. The van der Waals surface area contributed by atoms with Crippen LogP contribution in [0.25, 0.3) is 0 Å². The highest BCUT2D eigenvalue weighted by molar-refractivity contribution is 5.70. The van der Waals surface area contributed by atoms with Crippen molar-refractivity contribution in [2.75, 3.05) is 19.8 Å². The third-order valence-corrected chi connectivity index (χ3v) is 12.1. The van der Waals surface area contributed by atoms with Crippen LogP contribution in [0.4, 0.5) is 0 Å². The number of allylic oxidation sites excluding steroid dienone is 16. The van der Waals surface area contributed by atoms with Gasteiger partial charge in [0.1, 0.15) is 6.61 Å². The van der Waals surface area contributed by atoms with Crippen molar-refractivity contribution in [2.45, 2.75) is 271 Å². The molecule has 0 rings (SSSR count). The Morgan fingerprint density at radius 2 is 0.662 bits per heavy atom. The highest BCUT2D eigenvalue weighted by Gasteiger charge is 2.17. The lowest BCUT2D eigenvalue weighted by Crippen LogP contribution is -2.30. The van der Waals surface area contributed by atoms with Crippen LogP contribution in [0.1, 0.15) is 265 Å². The number of esters is 2. The van der Waals surface area contributed by atoms with Crippen molar-refractivity contribution in [3.63, 3.8) is 0 Å². The van der Waals surface area contributed by atoms with Crippen molar-refractivity contribution in [3.8, 4) is 0 Å². The van der Waals surface area contributed by atoms with E-state index in [4.69, 9.17) is 14.2 Å². The SMILES string of the molecule is CC/C=C\C/C=C\C/C=C\C/C=C\C/C=C\CCCCCC(=O)OCC(COCCCCCCCCCCCCCCCCCCCCCC)OC(=O)CCCCC/C=C\C/C=C\C/C=C\CC. The second-order valence-corrected chi connectivity index (χ2v) is 18.8. The molecule has 0 aliphatic rings. The highest BCUT2D eigenvalue weighted by Crippen LogP contribution is 2.16.